The number of likely N-dealkylation sites (N-methyl/N-ethyl adjacent to an activating group) is 1. The van der Waals surface area contributed by atoms with E-state index < -0.39 is 0 Å². The minimum absolute atomic E-state index is 0.0563. The van der Waals surface area contributed by atoms with Crippen LogP contribution in [0.5, 0.6) is 5.75 Å². The number of hydrogen-bond acceptors (Lipinski definition) is 6. The highest BCUT2D eigenvalue weighted by Gasteiger charge is 2.28. The van der Waals surface area contributed by atoms with E-state index in [-0.39, 0.29) is 30.1 Å². The lowest BCUT2D eigenvalue weighted by Crippen LogP contribution is -2.43. The van der Waals surface area contributed by atoms with Crippen LogP contribution in [0, 0.1) is 17.2 Å². The molecule has 1 saturated heterocycles. The van der Waals surface area contributed by atoms with Crippen molar-refractivity contribution in [1.29, 1.82) is 5.26 Å². The summed E-state index contributed by atoms with van der Waals surface area (Å²) in [5.74, 6) is 1.27. The maximum absolute atomic E-state index is 12.7. The largest absolute Gasteiger partial charge is 0.486 e. The minimum Gasteiger partial charge on any atom is -0.486 e. The zero-order valence-corrected chi connectivity index (χ0v) is 18.0. The average molecular weight is 425 g/mol. The Hall–Kier alpha value is -3.31. The van der Waals surface area contributed by atoms with Crippen LogP contribution in [0.3, 0.4) is 0 Å². The molecule has 0 saturated carbocycles. The van der Waals surface area contributed by atoms with E-state index in [2.05, 4.69) is 11.4 Å². The summed E-state index contributed by atoms with van der Waals surface area (Å²) in [6.45, 7) is 2.68. The van der Waals surface area contributed by atoms with E-state index in [1.54, 1.807) is 41.3 Å². The molecule has 164 valence electrons. The molecule has 8 nitrogen and oxygen atoms in total. The maximum atomic E-state index is 12.7. The van der Waals surface area contributed by atoms with E-state index in [1.807, 2.05) is 19.0 Å². The summed E-state index contributed by atoms with van der Waals surface area (Å²) in [5.41, 5.74) is 0.563. The minimum atomic E-state index is -0.170. The van der Waals surface area contributed by atoms with Gasteiger partial charge >= 0.3 is 0 Å². The number of ether oxygens (including phenoxy) is 1. The van der Waals surface area contributed by atoms with Gasteiger partial charge in [-0.15, -0.1) is 0 Å². The van der Waals surface area contributed by atoms with Crippen molar-refractivity contribution >= 4 is 11.8 Å². The van der Waals surface area contributed by atoms with Crippen LogP contribution in [0.1, 0.15) is 34.7 Å². The molecule has 31 heavy (non-hydrogen) atoms. The number of furan rings is 1. The van der Waals surface area contributed by atoms with Crippen molar-refractivity contribution in [2.45, 2.75) is 19.4 Å². The van der Waals surface area contributed by atoms with Crippen LogP contribution in [0.2, 0.25) is 0 Å². The van der Waals surface area contributed by atoms with Gasteiger partial charge in [0.25, 0.3) is 5.91 Å². The van der Waals surface area contributed by atoms with Crippen LogP contribution in [-0.2, 0) is 11.4 Å². The Morgan fingerprint density at radius 2 is 1.90 bits per heavy atom. The normalized spacial score (nSPS) is 14.3. The first-order valence-electron chi connectivity index (χ1n) is 10.4. The van der Waals surface area contributed by atoms with Crippen LogP contribution in [-0.4, -0.2) is 61.9 Å². The van der Waals surface area contributed by atoms with Crippen LogP contribution in [0.15, 0.2) is 40.8 Å². The van der Waals surface area contributed by atoms with Crippen molar-refractivity contribution in [3.05, 3.63) is 53.5 Å². The summed E-state index contributed by atoms with van der Waals surface area (Å²) in [6, 6.07) is 12.2. The molecule has 0 unspecified atom stereocenters. The Bertz CT molecular complexity index is 922. The van der Waals surface area contributed by atoms with Crippen molar-refractivity contribution in [3.8, 4) is 11.8 Å². The SMILES string of the molecule is CN(C)CCNC(=O)C1CCN(C(=O)c2ccc(COc3ccc(C#N)cc3)o2)CC1. The van der Waals surface area contributed by atoms with Crippen molar-refractivity contribution < 1.29 is 18.7 Å². The first-order valence-corrected chi connectivity index (χ1v) is 10.4. The van der Waals surface area contributed by atoms with Crippen molar-refractivity contribution in [2.75, 3.05) is 40.3 Å². The van der Waals surface area contributed by atoms with Gasteiger partial charge in [0, 0.05) is 32.1 Å². The third-order valence-electron chi connectivity index (χ3n) is 5.25. The second-order valence-electron chi connectivity index (χ2n) is 7.85. The summed E-state index contributed by atoms with van der Waals surface area (Å²) >= 11 is 0. The Kier molecular flexibility index (Phi) is 7.68. The lowest BCUT2D eigenvalue weighted by Gasteiger charge is -2.30. The highest BCUT2D eigenvalue weighted by atomic mass is 16.5. The fraction of sp³-hybridized carbons (Fsp3) is 0.435. The average Bonchev–Trinajstić information content (AvgIpc) is 3.26. The number of nitrogens with zero attached hydrogens (tertiary/aromatic N) is 3. The van der Waals surface area contributed by atoms with Gasteiger partial charge in [-0.05, 0) is 63.3 Å². The summed E-state index contributed by atoms with van der Waals surface area (Å²) in [6.07, 6.45) is 1.30. The molecule has 0 aliphatic carbocycles. The van der Waals surface area contributed by atoms with Gasteiger partial charge in [-0.1, -0.05) is 0 Å². The molecule has 2 heterocycles. The Morgan fingerprint density at radius 3 is 2.55 bits per heavy atom. The van der Waals surface area contributed by atoms with Crippen LogP contribution < -0.4 is 10.1 Å². The Balaban J connectivity index is 1.45. The monoisotopic (exact) mass is 424 g/mol. The third-order valence-corrected chi connectivity index (χ3v) is 5.25. The number of piperidine rings is 1. The molecule has 1 aromatic heterocycles. The van der Waals surface area contributed by atoms with Crippen molar-refractivity contribution in [1.82, 2.24) is 15.1 Å². The predicted octanol–water partition coefficient (Wildman–Crippen LogP) is 2.26. The molecule has 1 aromatic carbocycles. The standard InChI is InChI=1S/C23H28N4O4/c1-26(2)14-11-25-22(28)18-9-12-27(13-10-18)23(29)21-8-7-20(31-21)16-30-19-5-3-17(15-24)4-6-19/h3-8,18H,9-14,16H2,1-2H3,(H,25,28). The van der Waals surface area contributed by atoms with E-state index in [0.717, 1.165) is 6.54 Å². The summed E-state index contributed by atoms with van der Waals surface area (Å²) in [4.78, 5) is 28.8. The molecular weight excluding hydrogens is 396 g/mol. The lowest BCUT2D eigenvalue weighted by molar-refractivity contribution is -0.126. The van der Waals surface area contributed by atoms with E-state index in [9.17, 15) is 9.59 Å². The third kappa shape index (κ3) is 6.33. The highest BCUT2D eigenvalue weighted by Crippen LogP contribution is 2.21. The molecule has 1 N–H and O–H groups in total. The Morgan fingerprint density at radius 1 is 1.19 bits per heavy atom. The molecule has 0 radical (unpaired) electrons. The van der Waals surface area contributed by atoms with Crippen molar-refractivity contribution in [2.24, 2.45) is 5.92 Å². The zero-order chi connectivity index (χ0) is 22.2. The van der Waals surface area contributed by atoms with Gasteiger partial charge in [0.05, 0.1) is 11.6 Å². The number of benzene rings is 1. The zero-order valence-electron chi connectivity index (χ0n) is 18.0. The second-order valence-corrected chi connectivity index (χ2v) is 7.85. The van der Waals surface area contributed by atoms with Gasteiger partial charge in [0.1, 0.15) is 18.1 Å². The first-order chi connectivity index (χ1) is 15.0. The van der Waals surface area contributed by atoms with Crippen LogP contribution in [0.25, 0.3) is 0 Å². The number of carbonyl (C=O) groups excluding carboxylic acids is 2. The summed E-state index contributed by atoms with van der Waals surface area (Å²) in [5, 5.41) is 11.8. The molecule has 8 heteroatoms. The van der Waals surface area contributed by atoms with Gasteiger partial charge < -0.3 is 24.3 Å². The van der Waals surface area contributed by atoms with Gasteiger partial charge in [0.2, 0.25) is 5.91 Å². The van der Waals surface area contributed by atoms with Gasteiger partial charge in [-0.25, -0.2) is 0 Å². The van der Waals surface area contributed by atoms with E-state index in [1.165, 1.54) is 0 Å². The van der Waals surface area contributed by atoms with Crippen LogP contribution in [0.4, 0.5) is 0 Å². The number of hydrogen-bond donors (Lipinski definition) is 1. The van der Waals surface area contributed by atoms with Gasteiger partial charge in [0.15, 0.2) is 5.76 Å². The fourth-order valence-corrected chi connectivity index (χ4v) is 3.40. The van der Waals surface area contributed by atoms with Crippen LogP contribution >= 0.6 is 0 Å². The second kappa shape index (κ2) is 10.6. The molecule has 1 aliphatic heterocycles. The molecule has 0 spiro atoms. The molecule has 2 aromatic rings. The van der Waals surface area contributed by atoms with Gasteiger partial charge in [-0.3, -0.25) is 9.59 Å². The molecular formula is C23H28N4O4. The maximum Gasteiger partial charge on any atom is 0.289 e. The van der Waals surface area contributed by atoms with E-state index in [4.69, 9.17) is 14.4 Å². The molecule has 3 rings (SSSR count). The summed E-state index contributed by atoms with van der Waals surface area (Å²) < 4.78 is 11.3. The molecule has 0 atom stereocenters. The Labute approximate surface area is 182 Å². The molecule has 0 bridgehead atoms. The highest BCUT2D eigenvalue weighted by molar-refractivity contribution is 5.91. The number of nitriles is 1. The van der Waals surface area contributed by atoms with Gasteiger partial charge in [-0.2, -0.15) is 5.26 Å². The van der Waals surface area contributed by atoms with Crippen molar-refractivity contribution in [3.63, 3.8) is 0 Å². The predicted molar refractivity (Wildman–Crippen MR) is 114 cm³/mol. The smallest absolute Gasteiger partial charge is 0.289 e. The van der Waals surface area contributed by atoms with E-state index in [0.29, 0.717) is 49.5 Å². The molecule has 1 fully saturated rings. The molecule has 1 aliphatic rings. The quantitative estimate of drug-likeness (QED) is 0.698. The number of rotatable bonds is 8. The summed E-state index contributed by atoms with van der Waals surface area (Å²) in [7, 11) is 3.94. The number of carbonyl (C=O) groups is 2. The molecule has 2 amide bonds. The first kappa shape index (κ1) is 22.4. The topological polar surface area (TPSA) is 98.8 Å². The number of amides is 2. The lowest BCUT2D eigenvalue weighted by atomic mass is 9.95. The van der Waals surface area contributed by atoms with E-state index >= 15 is 0 Å². The number of likely N-dealkylation sites (tertiary alicyclic amines) is 1. The fourth-order valence-electron chi connectivity index (χ4n) is 3.40. The number of nitrogens with one attached hydrogen (secondary N) is 1.